The van der Waals surface area contributed by atoms with Gasteiger partial charge < -0.3 is 5.11 Å². The molecule has 10 nitrogen and oxygen atoms in total. The maximum absolute atomic E-state index is 10.7. The molecule has 1 N–H and O–H groups in total. The van der Waals surface area contributed by atoms with Gasteiger partial charge >= 0.3 is 5.97 Å². The number of carbonyl (C=O) groups is 1. The van der Waals surface area contributed by atoms with Gasteiger partial charge in [-0.3, -0.25) is 0 Å². The van der Waals surface area contributed by atoms with Gasteiger partial charge in [-0.25, -0.2) is 24.7 Å². The molecule has 102 valence electrons. The van der Waals surface area contributed by atoms with Crippen LogP contribution in [0.5, 0.6) is 0 Å². The van der Waals surface area contributed by atoms with Crippen LogP contribution in [0.3, 0.4) is 0 Å². The van der Waals surface area contributed by atoms with Crippen LogP contribution in [-0.2, 0) is 0 Å². The number of carboxylic acid groups (broad SMARTS) is 1. The van der Waals surface area contributed by atoms with E-state index in [9.17, 15) is 4.79 Å². The molecule has 0 saturated heterocycles. The van der Waals surface area contributed by atoms with Crippen LogP contribution in [0.15, 0.2) is 30.9 Å². The van der Waals surface area contributed by atoms with Crippen LogP contribution >= 0.6 is 0 Å². The molecule has 0 saturated carbocycles. The average Bonchev–Trinajstić information content (AvgIpc) is 2.56. The van der Waals surface area contributed by atoms with Crippen molar-refractivity contribution >= 4 is 5.97 Å². The van der Waals surface area contributed by atoms with E-state index < -0.39 is 5.97 Å². The van der Waals surface area contributed by atoms with Gasteiger partial charge in [-0.05, 0) is 6.07 Å². The molecule has 0 amide bonds. The first kappa shape index (κ1) is 12.6. The zero-order chi connectivity index (χ0) is 14.7. The quantitative estimate of drug-likeness (QED) is 0.690. The molecule has 21 heavy (non-hydrogen) atoms. The maximum atomic E-state index is 10.7. The molecule has 0 fully saturated rings. The van der Waals surface area contributed by atoms with Crippen molar-refractivity contribution in [3.63, 3.8) is 0 Å². The molecule has 10 heteroatoms. The standard InChI is InChI=1S/C11H6N8O2/c20-11(21)10-14-4-6(5-15-10)7-16-18-9(19-17-7)8-12-2-1-3-13-8/h1-5H,(H,20,21). The van der Waals surface area contributed by atoms with E-state index in [-0.39, 0.29) is 17.5 Å². The van der Waals surface area contributed by atoms with E-state index >= 15 is 0 Å². The molecule has 3 rings (SSSR count). The lowest BCUT2D eigenvalue weighted by atomic mass is 10.3. The molecule has 0 unspecified atom stereocenters. The normalized spacial score (nSPS) is 10.3. The Hall–Kier alpha value is -3.43. The summed E-state index contributed by atoms with van der Waals surface area (Å²) in [6.07, 6.45) is 5.68. The Morgan fingerprint density at radius 3 is 1.95 bits per heavy atom. The second-order valence-corrected chi connectivity index (χ2v) is 3.72. The topological polar surface area (TPSA) is 140 Å². The SMILES string of the molecule is O=C(O)c1ncc(-c2nnc(-c3ncccn3)nn2)cn1. The molecule has 0 radical (unpaired) electrons. The summed E-state index contributed by atoms with van der Waals surface area (Å²) in [4.78, 5) is 25.9. The highest BCUT2D eigenvalue weighted by Crippen LogP contribution is 2.11. The number of carboxylic acids is 1. The van der Waals surface area contributed by atoms with E-state index in [1.165, 1.54) is 12.4 Å². The molecule has 0 spiro atoms. The van der Waals surface area contributed by atoms with E-state index in [1.54, 1.807) is 18.5 Å². The number of hydrogen-bond acceptors (Lipinski definition) is 9. The summed E-state index contributed by atoms with van der Waals surface area (Å²) in [5.74, 6) is -0.861. The molecule has 3 aromatic rings. The lowest BCUT2D eigenvalue weighted by Crippen LogP contribution is -2.05. The first-order valence-electron chi connectivity index (χ1n) is 5.64. The van der Waals surface area contributed by atoms with Crippen LogP contribution in [-0.4, -0.2) is 51.4 Å². The number of aromatic nitrogens is 8. The lowest BCUT2D eigenvalue weighted by molar-refractivity contribution is 0.0683. The van der Waals surface area contributed by atoms with E-state index in [1.807, 2.05) is 0 Å². The van der Waals surface area contributed by atoms with Gasteiger partial charge in [-0.2, -0.15) is 0 Å². The number of aromatic carboxylic acids is 1. The Labute approximate surface area is 117 Å². The maximum Gasteiger partial charge on any atom is 0.373 e. The molecule has 3 heterocycles. The van der Waals surface area contributed by atoms with Crippen LogP contribution in [0.4, 0.5) is 0 Å². The number of hydrogen-bond donors (Lipinski definition) is 1. The number of nitrogens with zero attached hydrogens (tertiary/aromatic N) is 8. The zero-order valence-corrected chi connectivity index (χ0v) is 10.3. The van der Waals surface area contributed by atoms with Crippen molar-refractivity contribution in [3.8, 4) is 23.0 Å². The summed E-state index contributed by atoms with van der Waals surface area (Å²) < 4.78 is 0. The van der Waals surface area contributed by atoms with E-state index in [2.05, 4.69) is 40.3 Å². The predicted molar refractivity (Wildman–Crippen MR) is 66.6 cm³/mol. The Kier molecular flexibility index (Phi) is 3.17. The molecular weight excluding hydrogens is 276 g/mol. The van der Waals surface area contributed by atoms with Crippen LogP contribution in [0.25, 0.3) is 23.0 Å². The summed E-state index contributed by atoms with van der Waals surface area (Å²) >= 11 is 0. The third-order valence-corrected chi connectivity index (χ3v) is 2.35. The fraction of sp³-hybridized carbons (Fsp3) is 0. The van der Waals surface area contributed by atoms with Gasteiger partial charge in [0.05, 0.1) is 5.56 Å². The minimum absolute atomic E-state index is 0.173. The van der Waals surface area contributed by atoms with Gasteiger partial charge in [0, 0.05) is 24.8 Å². The van der Waals surface area contributed by atoms with Crippen LogP contribution < -0.4 is 0 Å². The second kappa shape index (κ2) is 5.28. The fourth-order valence-electron chi connectivity index (χ4n) is 1.40. The fourth-order valence-corrected chi connectivity index (χ4v) is 1.40. The minimum atomic E-state index is -1.21. The van der Waals surface area contributed by atoms with Crippen molar-refractivity contribution in [2.24, 2.45) is 0 Å². The largest absolute Gasteiger partial charge is 0.475 e. The highest BCUT2D eigenvalue weighted by atomic mass is 16.4. The van der Waals surface area contributed by atoms with Crippen molar-refractivity contribution in [1.82, 2.24) is 40.3 Å². The molecule has 0 aromatic carbocycles. The third-order valence-electron chi connectivity index (χ3n) is 2.35. The van der Waals surface area contributed by atoms with Crippen LogP contribution in [0, 0.1) is 0 Å². The van der Waals surface area contributed by atoms with Crippen molar-refractivity contribution < 1.29 is 9.90 Å². The Bertz CT molecular complexity index is 760. The Balaban J connectivity index is 1.89. The van der Waals surface area contributed by atoms with Crippen molar-refractivity contribution in [2.45, 2.75) is 0 Å². The van der Waals surface area contributed by atoms with Gasteiger partial charge in [0.15, 0.2) is 0 Å². The highest BCUT2D eigenvalue weighted by molar-refractivity contribution is 5.83. The Morgan fingerprint density at radius 2 is 1.38 bits per heavy atom. The summed E-state index contributed by atoms with van der Waals surface area (Å²) in [5, 5.41) is 24.2. The van der Waals surface area contributed by atoms with Gasteiger partial charge in [0.1, 0.15) is 0 Å². The molecule has 0 aliphatic carbocycles. The van der Waals surface area contributed by atoms with E-state index in [0.29, 0.717) is 11.4 Å². The Morgan fingerprint density at radius 1 is 0.810 bits per heavy atom. The van der Waals surface area contributed by atoms with Crippen LogP contribution in [0.2, 0.25) is 0 Å². The smallest absolute Gasteiger partial charge is 0.373 e. The van der Waals surface area contributed by atoms with Crippen molar-refractivity contribution in [2.75, 3.05) is 0 Å². The first-order valence-corrected chi connectivity index (χ1v) is 5.64. The summed E-state index contributed by atoms with van der Waals surface area (Å²) in [6, 6.07) is 1.67. The van der Waals surface area contributed by atoms with Crippen LogP contribution in [0.1, 0.15) is 10.6 Å². The number of rotatable bonds is 3. The van der Waals surface area contributed by atoms with Gasteiger partial charge in [0.25, 0.3) is 0 Å². The summed E-state index contributed by atoms with van der Waals surface area (Å²) in [7, 11) is 0. The molecule has 0 bridgehead atoms. The van der Waals surface area contributed by atoms with Crippen molar-refractivity contribution in [3.05, 3.63) is 36.7 Å². The summed E-state index contributed by atoms with van der Waals surface area (Å²) in [6.45, 7) is 0. The molecule has 0 aliphatic heterocycles. The van der Waals surface area contributed by atoms with E-state index in [0.717, 1.165) is 0 Å². The zero-order valence-electron chi connectivity index (χ0n) is 10.3. The minimum Gasteiger partial charge on any atom is -0.475 e. The molecular formula is C11H6N8O2. The van der Waals surface area contributed by atoms with Gasteiger partial charge in [0.2, 0.25) is 23.3 Å². The first-order chi connectivity index (χ1) is 10.2. The van der Waals surface area contributed by atoms with Gasteiger partial charge in [-0.15, -0.1) is 20.4 Å². The average molecular weight is 282 g/mol. The monoisotopic (exact) mass is 282 g/mol. The highest BCUT2D eigenvalue weighted by Gasteiger charge is 2.11. The predicted octanol–water partition coefficient (Wildman–Crippen LogP) is -0.121. The van der Waals surface area contributed by atoms with E-state index in [4.69, 9.17) is 5.11 Å². The third kappa shape index (κ3) is 2.63. The molecule has 0 aliphatic rings. The van der Waals surface area contributed by atoms with Gasteiger partial charge in [-0.1, -0.05) is 0 Å². The molecule has 3 aromatic heterocycles. The lowest BCUT2D eigenvalue weighted by Gasteiger charge is -1.99. The summed E-state index contributed by atoms with van der Waals surface area (Å²) in [5.41, 5.74) is 0.403. The van der Waals surface area contributed by atoms with Crippen molar-refractivity contribution in [1.29, 1.82) is 0 Å². The molecule has 0 atom stereocenters. The second-order valence-electron chi connectivity index (χ2n) is 3.72.